The van der Waals surface area contributed by atoms with Crippen LogP contribution in [0.25, 0.3) is 0 Å². The van der Waals surface area contributed by atoms with Crippen molar-refractivity contribution in [2.75, 3.05) is 5.75 Å². The molecule has 0 amide bonds. The summed E-state index contributed by atoms with van der Waals surface area (Å²) >= 11 is 0. The molecule has 0 aromatic rings. The first-order valence-electron chi connectivity index (χ1n) is 7.17. The van der Waals surface area contributed by atoms with Gasteiger partial charge in [-0.3, -0.25) is 0 Å². The summed E-state index contributed by atoms with van der Waals surface area (Å²) in [5.41, 5.74) is 6.12. The first-order chi connectivity index (χ1) is 8.16. The van der Waals surface area contributed by atoms with Gasteiger partial charge in [-0.05, 0) is 57.8 Å². The highest BCUT2D eigenvalue weighted by molar-refractivity contribution is 7.91. The maximum absolute atomic E-state index is 11.8. The van der Waals surface area contributed by atoms with Crippen molar-refractivity contribution in [3.05, 3.63) is 0 Å². The Balaban J connectivity index is 2.49. The van der Waals surface area contributed by atoms with Gasteiger partial charge in [-0.25, -0.2) is 8.42 Å². The highest BCUT2D eigenvalue weighted by atomic mass is 32.2. The van der Waals surface area contributed by atoms with E-state index in [0.29, 0.717) is 12.3 Å². The van der Waals surface area contributed by atoms with Gasteiger partial charge >= 0.3 is 0 Å². The van der Waals surface area contributed by atoms with E-state index in [4.69, 9.17) is 5.73 Å². The van der Waals surface area contributed by atoms with Crippen LogP contribution in [0, 0.1) is 11.8 Å². The lowest BCUT2D eigenvalue weighted by Gasteiger charge is -2.38. The standard InChI is InChI=1S/C14H29NO2S/c1-11(2)13-5-7-14(15,8-6-13)9-10-18(16,17)12(3)4/h11-13H,5-10,15H2,1-4H3. The third kappa shape index (κ3) is 4.23. The number of rotatable bonds is 5. The highest BCUT2D eigenvalue weighted by Gasteiger charge is 2.34. The highest BCUT2D eigenvalue weighted by Crippen LogP contribution is 2.36. The Labute approximate surface area is 112 Å². The lowest BCUT2D eigenvalue weighted by Crippen LogP contribution is -2.45. The lowest BCUT2D eigenvalue weighted by molar-refractivity contribution is 0.191. The first-order valence-corrected chi connectivity index (χ1v) is 8.88. The second-order valence-corrected chi connectivity index (χ2v) is 9.29. The second-order valence-electron chi connectivity index (χ2n) is 6.61. The van der Waals surface area contributed by atoms with E-state index in [2.05, 4.69) is 13.8 Å². The normalized spacial score (nSPS) is 30.1. The van der Waals surface area contributed by atoms with Gasteiger partial charge in [-0.2, -0.15) is 0 Å². The molecule has 1 aliphatic rings. The quantitative estimate of drug-likeness (QED) is 0.839. The minimum atomic E-state index is -2.95. The maximum atomic E-state index is 11.8. The van der Waals surface area contributed by atoms with Crippen LogP contribution in [0.2, 0.25) is 0 Å². The molecule has 18 heavy (non-hydrogen) atoms. The summed E-state index contributed by atoms with van der Waals surface area (Å²) in [4.78, 5) is 0. The average molecular weight is 275 g/mol. The summed E-state index contributed by atoms with van der Waals surface area (Å²) in [7, 11) is -2.95. The van der Waals surface area contributed by atoms with Crippen LogP contribution in [0.3, 0.4) is 0 Å². The van der Waals surface area contributed by atoms with Crippen LogP contribution in [0.1, 0.15) is 59.8 Å². The molecule has 0 bridgehead atoms. The van der Waals surface area contributed by atoms with Gasteiger partial charge in [0.25, 0.3) is 0 Å². The van der Waals surface area contributed by atoms with Crippen LogP contribution in [0.15, 0.2) is 0 Å². The van der Waals surface area contributed by atoms with Crippen molar-refractivity contribution in [2.45, 2.75) is 70.6 Å². The molecule has 0 atom stereocenters. The van der Waals surface area contributed by atoms with Gasteiger partial charge in [0.2, 0.25) is 0 Å². The Morgan fingerprint density at radius 2 is 1.67 bits per heavy atom. The summed E-state index contributed by atoms with van der Waals surface area (Å²) in [6.07, 6.45) is 4.87. The molecule has 0 saturated heterocycles. The van der Waals surface area contributed by atoms with Crippen LogP contribution in [0.5, 0.6) is 0 Å². The summed E-state index contributed by atoms with van der Waals surface area (Å²) in [6.45, 7) is 8.01. The molecule has 1 saturated carbocycles. The molecular formula is C14H29NO2S. The molecule has 2 N–H and O–H groups in total. The van der Waals surface area contributed by atoms with E-state index in [1.54, 1.807) is 13.8 Å². The van der Waals surface area contributed by atoms with E-state index in [9.17, 15) is 8.42 Å². The van der Waals surface area contributed by atoms with Crippen LogP contribution >= 0.6 is 0 Å². The smallest absolute Gasteiger partial charge is 0.152 e. The minimum Gasteiger partial charge on any atom is -0.325 e. The van der Waals surface area contributed by atoms with Crippen LogP contribution in [-0.4, -0.2) is 25.0 Å². The predicted molar refractivity (Wildman–Crippen MR) is 77.3 cm³/mol. The number of nitrogens with two attached hydrogens (primary N) is 1. The molecule has 0 radical (unpaired) electrons. The fourth-order valence-electron chi connectivity index (χ4n) is 2.71. The fourth-order valence-corrected chi connectivity index (χ4v) is 3.88. The van der Waals surface area contributed by atoms with E-state index < -0.39 is 9.84 Å². The number of hydrogen-bond acceptors (Lipinski definition) is 3. The zero-order valence-electron chi connectivity index (χ0n) is 12.3. The molecule has 0 aromatic heterocycles. The first kappa shape index (κ1) is 16.0. The van der Waals surface area contributed by atoms with E-state index >= 15 is 0 Å². The third-order valence-corrected chi connectivity index (χ3v) is 6.78. The zero-order valence-corrected chi connectivity index (χ0v) is 13.1. The van der Waals surface area contributed by atoms with Crippen LogP contribution in [0.4, 0.5) is 0 Å². The van der Waals surface area contributed by atoms with E-state index in [1.165, 1.54) is 0 Å². The van der Waals surface area contributed by atoms with E-state index in [-0.39, 0.29) is 16.5 Å². The Hall–Kier alpha value is -0.0900. The predicted octanol–water partition coefficient (Wildman–Crippen LogP) is 2.74. The average Bonchev–Trinajstić information content (AvgIpc) is 2.27. The summed E-state index contributed by atoms with van der Waals surface area (Å²) in [6, 6.07) is 0. The summed E-state index contributed by atoms with van der Waals surface area (Å²) in [5, 5.41) is -0.284. The molecule has 108 valence electrons. The second kappa shape index (κ2) is 5.91. The van der Waals surface area contributed by atoms with E-state index in [1.807, 2.05) is 0 Å². The topological polar surface area (TPSA) is 60.2 Å². The van der Waals surface area contributed by atoms with Gasteiger partial charge in [0.05, 0.1) is 11.0 Å². The molecule has 0 aliphatic heterocycles. The Morgan fingerprint density at radius 1 is 1.17 bits per heavy atom. The SMILES string of the molecule is CC(C)C1CCC(N)(CCS(=O)(=O)C(C)C)CC1. The van der Waals surface area contributed by atoms with Gasteiger partial charge in [0, 0.05) is 5.54 Å². The Bertz CT molecular complexity index is 352. The number of hydrogen-bond donors (Lipinski definition) is 1. The molecule has 4 heteroatoms. The maximum Gasteiger partial charge on any atom is 0.152 e. The summed E-state index contributed by atoms with van der Waals surface area (Å²) < 4.78 is 23.7. The van der Waals surface area contributed by atoms with Crippen molar-refractivity contribution in [3.63, 3.8) is 0 Å². The van der Waals surface area contributed by atoms with Crippen LogP contribution in [-0.2, 0) is 9.84 Å². The van der Waals surface area contributed by atoms with E-state index in [0.717, 1.165) is 31.6 Å². The molecule has 0 spiro atoms. The molecule has 1 fully saturated rings. The van der Waals surface area contributed by atoms with Gasteiger partial charge in [-0.1, -0.05) is 13.8 Å². The molecule has 0 unspecified atom stereocenters. The van der Waals surface area contributed by atoms with Gasteiger partial charge in [0.1, 0.15) is 0 Å². The van der Waals surface area contributed by atoms with Crippen molar-refractivity contribution < 1.29 is 8.42 Å². The fraction of sp³-hybridized carbons (Fsp3) is 1.00. The molecule has 1 aliphatic carbocycles. The summed E-state index contributed by atoms with van der Waals surface area (Å²) in [5.74, 6) is 1.73. The van der Waals surface area contributed by atoms with Crippen LogP contribution < -0.4 is 5.73 Å². The lowest BCUT2D eigenvalue weighted by atomic mass is 9.72. The van der Waals surface area contributed by atoms with Crippen molar-refractivity contribution in [3.8, 4) is 0 Å². The monoisotopic (exact) mass is 275 g/mol. The molecule has 0 heterocycles. The number of sulfone groups is 1. The largest absolute Gasteiger partial charge is 0.325 e. The van der Waals surface area contributed by atoms with Crippen molar-refractivity contribution >= 4 is 9.84 Å². The zero-order chi connectivity index (χ0) is 14.0. The van der Waals surface area contributed by atoms with Crippen molar-refractivity contribution in [2.24, 2.45) is 17.6 Å². The Morgan fingerprint density at radius 3 is 2.06 bits per heavy atom. The minimum absolute atomic E-state index is 0.243. The molecule has 1 rings (SSSR count). The molecule has 0 aromatic carbocycles. The van der Waals surface area contributed by atoms with Crippen molar-refractivity contribution in [1.82, 2.24) is 0 Å². The third-order valence-electron chi connectivity index (χ3n) is 4.57. The van der Waals surface area contributed by atoms with Gasteiger partial charge in [-0.15, -0.1) is 0 Å². The molecular weight excluding hydrogens is 246 g/mol. The van der Waals surface area contributed by atoms with Crippen molar-refractivity contribution in [1.29, 1.82) is 0 Å². The molecule has 3 nitrogen and oxygen atoms in total. The Kier molecular flexibility index (Phi) is 5.24. The van der Waals surface area contributed by atoms with Gasteiger partial charge in [0.15, 0.2) is 9.84 Å². The van der Waals surface area contributed by atoms with Gasteiger partial charge < -0.3 is 5.73 Å².